The minimum absolute atomic E-state index is 0.143. The van der Waals surface area contributed by atoms with Gasteiger partial charge in [0.25, 0.3) is 0 Å². The first-order valence-corrected chi connectivity index (χ1v) is 8.03. The maximum Gasteiger partial charge on any atom is 0.224 e. The highest BCUT2D eigenvalue weighted by molar-refractivity contribution is 6.42. The van der Waals surface area contributed by atoms with Crippen LogP contribution in [0.3, 0.4) is 0 Å². The lowest BCUT2D eigenvalue weighted by Gasteiger charge is -2.27. The highest BCUT2D eigenvalue weighted by Crippen LogP contribution is 2.23. The Balaban J connectivity index is 2.68. The average molecular weight is 331 g/mol. The molecule has 0 aliphatic carbocycles. The summed E-state index contributed by atoms with van der Waals surface area (Å²) in [7, 11) is 0. The Kier molecular flexibility index (Phi) is 7.50. The SMILES string of the molecule is CC(C)NCCC(=O)N(Cc1ccc(Cl)c(Cl)c1)C(C)C. The van der Waals surface area contributed by atoms with E-state index in [2.05, 4.69) is 19.2 Å². The first-order chi connectivity index (χ1) is 9.81. The minimum atomic E-state index is 0.143. The van der Waals surface area contributed by atoms with Crippen molar-refractivity contribution in [1.82, 2.24) is 10.2 Å². The van der Waals surface area contributed by atoms with E-state index in [4.69, 9.17) is 23.2 Å². The number of hydrogen-bond donors (Lipinski definition) is 1. The molecule has 0 aliphatic rings. The summed E-state index contributed by atoms with van der Waals surface area (Å²) >= 11 is 11.9. The molecule has 0 radical (unpaired) electrons. The predicted octanol–water partition coefficient (Wildman–Crippen LogP) is 4.12. The van der Waals surface area contributed by atoms with Crippen LogP contribution in [0, 0.1) is 0 Å². The maximum absolute atomic E-state index is 12.3. The quantitative estimate of drug-likeness (QED) is 0.815. The zero-order valence-corrected chi connectivity index (χ0v) is 14.6. The molecule has 0 saturated carbocycles. The molecule has 0 fully saturated rings. The Labute approximate surface area is 137 Å². The van der Waals surface area contributed by atoms with Crippen LogP contribution in [-0.2, 0) is 11.3 Å². The van der Waals surface area contributed by atoms with Crippen LogP contribution in [-0.4, -0.2) is 29.4 Å². The van der Waals surface area contributed by atoms with E-state index < -0.39 is 0 Å². The number of carbonyl (C=O) groups excluding carboxylic acids is 1. The molecule has 1 aromatic carbocycles. The van der Waals surface area contributed by atoms with Crippen LogP contribution >= 0.6 is 23.2 Å². The molecule has 1 N–H and O–H groups in total. The van der Waals surface area contributed by atoms with E-state index >= 15 is 0 Å². The number of amides is 1. The van der Waals surface area contributed by atoms with Crippen molar-refractivity contribution in [1.29, 1.82) is 0 Å². The van der Waals surface area contributed by atoms with Gasteiger partial charge in [0.05, 0.1) is 10.0 Å². The van der Waals surface area contributed by atoms with Gasteiger partial charge in [0.2, 0.25) is 5.91 Å². The molecule has 0 unspecified atom stereocenters. The molecule has 21 heavy (non-hydrogen) atoms. The standard InChI is InChI=1S/C16H24Cl2N2O/c1-11(2)19-8-7-16(21)20(12(3)4)10-13-5-6-14(17)15(18)9-13/h5-6,9,11-12,19H,7-8,10H2,1-4H3. The molecule has 1 amide bonds. The van der Waals surface area contributed by atoms with Crippen molar-refractivity contribution in [2.75, 3.05) is 6.54 Å². The van der Waals surface area contributed by atoms with Crippen molar-refractivity contribution < 1.29 is 4.79 Å². The highest BCUT2D eigenvalue weighted by Gasteiger charge is 2.17. The summed E-state index contributed by atoms with van der Waals surface area (Å²) in [4.78, 5) is 14.2. The van der Waals surface area contributed by atoms with Gasteiger partial charge in [-0.1, -0.05) is 43.1 Å². The Morgan fingerprint density at radius 3 is 2.38 bits per heavy atom. The number of benzene rings is 1. The molecule has 0 aromatic heterocycles. The third-order valence-corrected chi connectivity index (χ3v) is 3.91. The van der Waals surface area contributed by atoms with Crippen LogP contribution in [0.2, 0.25) is 10.0 Å². The number of nitrogens with zero attached hydrogens (tertiary/aromatic N) is 1. The minimum Gasteiger partial charge on any atom is -0.336 e. The second-order valence-electron chi connectivity index (χ2n) is 5.72. The summed E-state index contributed by atoms with van der Waals surface area (Å²) in [5, 5.41) is 4.32. The van der Waals surface area contributed by atoms with Crippen LogP contribution < -0.4 is 5.32 Å². The fraction of sp³-hybridized carbons (Fsp3) is 0.562. The van der Waals surface area contributed by atoms with Crippen LogP contribution in [0.1, 0.15) is 39.7 Å². The zero-order chi connectivity index (χ0) is 16.0. The van der Waals surface area contributed by atoms with Crippen molar-refractivity contribution in [3.8, 4) is 0 Å². The molecule has 0 saturated heterocycles. The first kappa shape index (κ1) is 18.3. The summed E-state index contributed by atoms with van der Waals surface area (Å²) in [6, 6.07) is 6.02. The van der Waals surface area contributed by atoms with E-state index in [1.165, 1.54) is 0 Å². The third kappa shape index (κ3) is 6.25. The van der Waals surface area contributed by atoms with Crippen molar-refractivity contribution in [2.24, 2.45) is 0 Å². The van der Waals surface area contributed by atoms with Crippen LogP contribution in [0.4, 0.5) is 0 Å². The summed E-state index contributed by atoms with van der Waals surface area (Å²) in [6.07, 6.45) is 0.498. The number of rotatable bonds is 7. The van der Waals surface area contributed by atoms with Crippen molar-refractivity contribution in [3.05, 3.63) is 33.8 Å². The van der Waals surface area contributed by atoms with Gasteiger partial charge in [-0.25, -0.2) is 0 Å². The second kappa shape index (κ2) is 8.62. The van der Waals surface area contributed by atoms with Gasteiger partial charge < -0.3 is 10.2 Å². The zero-order valence-electron chi connectivity index (χ0n) is 13.1. The molecular weight excluding hydrogens is 307 g/mol. The van der Waals surface area contributed by atoms with Crippen molar-refractivity contribution in [3.63, 3.8) is 0 Å². The van der Waals surface area contributed by atoms with Gasteiger partial charge in [-0.15, -0.1) is 0 Å². The lowest BCUT2D eigenvalue weighted by molar-refractivity contribution is -0.133. The van der Waals surface area contributed by atoms with E-state index in [1.54, 1.807) is 6.07 Å². The molecule has 0 aliphatic heterocycles. The summed E-state index contributed by atoms with van der Waals surface area (Å²) < 4.78 is 0. The Bertz CT molecular complexity index is 475. The molecule has 0 spiro atoms. The predicted molar refractivity (Wildman–Crippen MR) is 89.9 cm³/mol. The Morgan fingerprint density at radius 2 is 1.86 bits per heavy atom. The third-order valence-electron chi connectivity index (χ3n) is 3.17. The molecule has 0 atom stereocenters. The van der Waals surface area contributed by atoms with Crippen LogP contribution in [0.25, 0.3) is 0 Å². The highest BCUT2D eigenvalue weighted by atomic mass is 35.5. The lowest BCUT2D eigenvalue weighted by atomic mass is 10.1. The first-order valence-electron chi connectivity index (χ1n) is 7.28. The average Bonchev–Trinajstić information content (AvgIpc) is 2.39. The molecular formula is C16H24Cl2N2O. The van der Waals surface area contributed by atoms with E-state index in [-0.39, 0.29) is 11.9 Å². The topological polar surface area (TPSA) is 32.3 Å². The van der Waals surface area contributed by atoms with Gasteiger partial charge >= 0.3 is 0 Å². The largest absolute Gasteiger partial charge is 0.336 e. The fourth-order valence-electron chi connectivity index (χ4n) is 2.00. The van der Waals surface area contributed by atoms with E-state index in [9.17, 15) is 4.79 Å². The van der Waals surface area contributed by atoms with Gasteiger partial charge in [0.1, 0.15) is 0 Å². The molecule has 1 aromatic rings. The normalized spacial score (nSPS) is 11.2. The van der Waals surface area contributed by atoms with Crippen LogP contribution in [0.5, 0.6) is 0 Å². The number of carbonyl (C=O) groups is 1. The molecule has 0 bridgehead atoms. The van der Waals surface area contributed by atoms with Gasteiger partial charge in [-0.05, 0) is 31.5 Å². The Hall–Kier alpha value is -0.770. The van der Waals surface area contributed by atoms with E-state index in [0.29, 0.717) is 35.6 Å². The number of nitrogens with one attached hydrogen (secondary N) is 1. The van der Waals surface area contributed by atoms with Gasteiger partial charge in [-0.2, -0.15) is 0 Å². The second-order valence-corrected chi connectivity index (χ2v) is 6.54. The molecule has 1 rings (SSSR count). The Morgan fingerprint density at radius 1 is 1.19 bits per heavy atom. The van der Waals surface area contributed by atoms with E-state index in [0.717, 1.165) is 5.56 Å². The number of hydrogen-bond acceptors (Lipinski definition) is 2. The summed E-state index contributed by atoms with van der Waals surface area (Å²) in [6.45, 7) is 9.42. The number of halogens is 2. The monoisotopic (exact) mass is 330 g/mol. The van der Waals surface area contributed by atoms with E-state index in [1.807, 2.05) is 30.9 Å². The van der Waals surface area contributed by atoms with Crippen molar-refractivity contribution in [2.45, 2.75) is 52.7 Å². The maximum atomic E-state index is 12.3. The van der Waals surface area contributed by atoms with Gasteiger partial charge in [-0.3, -0.25) is 4.79 Å². The molecule has 0 heterocycles. The molecule has 118 valence electrons. The van der Waals surface area contributed by atoms with Crippen molar-refractivity contribution >= 4 is 29.1 Å². The lowest BCUT2D eigenvalue weighted by Crippen LogP contribution is -2.38. The van der Waals surface area contributed by atoms with Gasteiger partial charge in [0.15, 0.2) is 0 Å². The summed E-state index contributed by atoms with van der Waals surface area (Å²) in [5.41, 5.74) is 0.989. The van der Waals surface area contributed by atoms with Crippen LogP contribution in [0.15, 0.2) is 18.2 Å². The summed E-state index contributed by atoms with van der Waals surface area (Å²) in [5.74, 6) is 0.143. The smallest absolute Gasteiger partial charge is 0.224 e. The molecule has 3 nitrogen and oxygen atoms in total. The van der Waals surface area contributed by atoms with Gasteiger partial charge in [0, 0.05) is 31.6 Å². The fourth-order valence-corrected chi connectivity index (χ4v) is 2.33. The molecule has 5 heteroatoms.